The van der Waals surface area contributed by atoms with Crippen LogP contribution in [0.4, 0.5) is 15.8 Å². The van der Waals surface area contributed by atoms with Gasteiger partial charge >= 0.3 is 5.97 Å². The molecule has 1 N–H and O–H groups in total. The maximum atomic E-state index is 13.2. The zero-order valence-electron chi connectivity index (χ0n) is 16.3. The standard InChI is InChI=1S/C20H16FN3O5S2/c1-11-10-30-20(22-11)31-17-7-6-13(8-16(17)24(27)28)19(26)29-12(2)18(25)23-15-5-3-4-14(21)9-15/h3-10,12H,1-2H3,(H,23,25). The molecule has 0 radical (unpaired) electrons. The van der Waals surface area contributed by atoms with Crippen LogP contribution in [-0.4, -0.2) is 27.9 Å². The lowest BCUT2D eigenvalue weighted by atomic mass is 10.2. The van der Waals surface area contributed by atoms with Gasteiger partial charge in [0, 0.05) is 22.8 Å². The fourth-order valence-electron chi connectivity index (χ4n) is 2.44. The molecule has 1 unspecified atom stereocenters. The Balaban J connectivity index is 1.71. The van der Waals surface area contributed by atoms with E-state index in [2.05, 4.69) is 10.3 Å². The number of carbonyl (C=O) groups is 2. The molecule has 1 aromatic heterocycles. The van der Waals surface area contributed by atoms with Gasteiger partial charge in [0.1, 0.15) is 5.82 Å². The van der Waals surface area contributed by atoms with Crippen molar-refractivity contribution in [1.29, 1.82) is 0 Å². The normalized spacial score (nSPS) is 11.6. The predicted octanol–water partition coefficient (Wildman–Crippen LogP) is 4.83. The Labute approximate surface area is 184 Å². The third-order valence-corrected chi connectivity index (χ3v) is 6.05. The number of hydrogen-bond donors (Lipinski definition) is 1. The summed E-state index contributed by atoms with van der Waals surface area (Å²) < 4.78 is 19.0. The van der Waals surface area contributed by atoms with Crippen LogP contribution >= 0.6 is 23.1 Å². The van der Waals surface area contributed by atoms with Crippen molar-refractivity contribution in [3.05, 3.63) is 75.0 Å². The molecular formula is C20H16FN3O5S2. The van der Waals surface area contributed by atoms with Crippen molar-refractivity contribution in [2.24, 2.45) is 0 Å². The monoisotopic (exact) mass is 461 g/mol. The summed E-state index contributed by atoms with van der Waals surface area (Å²) in [6.07, 6.45) is -1.21. The number of carbonyl (C=O) groups excluding carboxylic acids is 2. The maximum Gasteiger partial charge on any atom is 0.339 e. The van der Waals surface area contributed by atoms with Gasteiger partial charge < -0.3 is 10.1 Å². The molecule has 0 aliphatic carbocycles. The van der Waals surface area contributed by atoms with Gasteiger partial charge in [-0.15, -0.1) is 11.3 Å². The number of nitro groups is 1. The first-order chi connectivity index (χ1) is 14.7. The van der Waals surface area contributed by atoms with Crippen LogP contribution in [0.2, 0.25) is 0 Å². The molecule has 1 heterocycles. The van der Waals surface area contributed by atoms with Crippen LogP contribution in [0.1, 0.15) is 23.0 Å². The van der Waals surface area contributed by atoms with E-state index >= 15 is 0 Å². The maximum absolute atomic E-state index is 13.2. The van der Waals surface area contributed by atoms with Crippen LogP contribution in [-0.2, 0) is 9.53 Å². The van der Waals surface area contributed by atoms with Gasteiger partial charge in [-0.2, -0.15) is 0 Å². The van der Waals surface area contributed by atoms with Gasteiger partial charge in [-0.3, -0.25) is 14.9 Å². The lowest BCUT2D eigenvalue weighted by Crippen LogP contribution is -2.30. The van der Waals surface area contributed by atoms with E-state index in [1.807, 2.05) is 12.3 Å². The first kappa shape index (κ1) is 22.4. The van der Waals surface area contributed by atoms with Crippen LogP contribution in [0.5, 0.6) is 0 Å². The number of thiazole rings is 1. The average Bonchev–Trinajstić information content (AvgIpc) is 3.12. The van der Waals surface area contributed by atoms with E-state index in [0.717, 1.165) is 29.6 Å². The van der Waals surface area contributed by atoms with Gasteiger partial charge in [-0.05, 0) is 44.2 Å². The Hall–Kier alpha value is -3.31. The number of aromatic nitrogens is 1. The molecule has 160 valence electrons. The van der Waals surface area contributed by atoms with Crippen molar-refractivity contribution in [2.45, 2.75) is 29.2 Å². The molecule has 1 atom stereocenters. The van der Waals surface area contributed by atoms with E-state index in [-0.39, 0.29) is 16.9 Å². The van der Waals surface area contributed by atoms with E-state index < -0.39 is 28.7 Å². The number of esters is 1. The summed E-state index contributed by atoms with van der Waals surface area (Å²) in [6, 6.07) is 9.18. The molecule has 3 rings (SSSR count). The zero-order chi connectivity index (χ0) is 22.5. The topological polar surface area (TPSA) is 111 Å². The molecular weight excluding hydrogens is 445 g/mol. The molecule has 11 heteroatoms. The Bertz CT molecular complexity index is 1150. The highest BCUT2D eigenvalue weighted by molar-refractivity contribution is 8.01. The Morgan fingerprint density at radius 3 is 2.71 bits per heavy atom. The number of aryl methyl sites for hydroxylation is 1. The lowest BCUT2D eigenvalue weighted by molar-refractivity contribution is -0.387. The molecule has 0 aliphatic rings. The van der Waals surface area contributed by atoms with Crippen molar-refractivity contribution in [1.82, 2.24) is 4.98 Å². The van der Waals surface area contributed by atoms with Crippen LogP contribution in [0.15, 0.2) is 57.1 Å². The molecule has 0 saturated heterocycles. The number of benzene rings is 2. The van der Waals surface area contributed by atoms with Crippen molar-refractivity contribution in [2.75, 3.05) is 5.32 Å². The van der Waals surface area contributed by atoms with Crippen LogP contribution in [0.3, 0.4) is 0 Å². The number of nitrogens with one attached hydrogen (secondary N) is 1. The fraction of sp³-hybridized carbons (Fsp3) is 0.150. The van der Waals surface area contributed by atoms with Crippen molar-refractivity contribution in [3.8, 4) is 0 Å². The molecule has 0 bridgehead atoms. The number of rotatable bonds is 7. The first-order valence-electron chi connectivity index (χ1n) is 8.89. The van der Waals surface area contributed by atoms with Gasteiger partial charge in [-0.25, -0.2) is 14.2 Å². The summed E-state index contributed by atoms with van der Waals surface area (Å²) in [5.74, 6) is -2.09. The van der Waals surface area contributed by atoms with E-state index in [0.29, 0.717) is 9.24 Å². The molecule has 0 aliphatic heterocycles. The number of anilines is 1. The van der Waals surface area contributed by atoms with Crippen molar-refractivity contribution in [3.63, 3.8) is 0 Å². The summed E-state index contributed by atoms with van der Waals surface area (Å²) in [7, 11) is 0. The number of nitrogens with zero attached hydrogens (tertiary/aromatic N) is 2. The number of ether oxygens (including phenoxy) is 1. The highest BCUT2D eigenvalue weighted by atomic mass is 32.2. The minimum absolute atomic E-state index is 0.0724. The van der Waals surface area contributed by atoms with Gasteiger partial charge in [0.2, 0.25) is 0 Å². The third-order valence-electron chi connectivity index (χ3n) is 3.93. The largest absolute Gasteiger partial charge is 0.449 e. The molecule has 0 fully saturated rings. The van der Waals surface area contributed by atoms with Gasteiger partial charge in [-0.1, -0.05) is 17.8 Å². The van der Waals surface area contributed by atoms with Crippen molar-refractivity contribution < 1.29 is 23.6 Å². The minimum atomic E-state index is -1.21. The zero-order valence-corrected chi connectivity index (χ0v) is 18.0. The molecule has 0 saturated carbocycles. The summed E-state index contributed by atoms with van der Waals surface area (Å²) in [4.78, 5) is 40.1. The smallest absolute Gasteiger partial charge is 0.339 e. The summed E-state index contributed by atoms with van der Waals surface area (Å²) >= 11 is 2.48. The van der Waals surface area contributed by atoms with Gasteiger partial charge in [0.05, 0.1) is 15.4 Å². The number of nitro benzene ring substituents is 1. The molecule has 31 heavy (non-hydrogen) atoms. The van der Waals surface area contributed by atoms with Gasteiger partial charge in [0.25, 0.3) is 11.6 Å². The number of halogens is 1. The summed E-state index contributed by atoms with van der Waals surface area (Å²) in [6.45, 7) is 3.16. The second-order valence-electron chi connectivity index (χ2n) is 6.34. The molecule has 0 spiro atoms. The van der Waals surface area contributed by atoms with E-state index in [1.165, 1.54) is 48.6 Å². The SMILES string of the molecule is Cc1csc(Sc2ccc(C(=O)OC(C)C(=O)Nc3cccc(F)c3)cc2[N+](=O)[O-])n1. The fourth-order valence-corrected chi connectivity index (χ4v) is 4.32. The second-order valence-corrected chi connectivity index (χ2v) is 8.49. The van der Waals surface area contributed by atoms with E-state index in [1.54, 1.807) is 0 Å². The average molecular weight is 461 g/mol. The molecule has 1 amide bonds. The quantitative estimate of drug-likeness (QED) is 0.305. The first-order valence-corrected chi connectivity index (χ1v) is 10.6. The summed E-state index contributed by atoms with van der Waals surface area (Å²) in [5, 5.41) is 15.7. The number of hydrogen-bond acceptors (Lipinski definition) is 8. The van der Waals surface area contributed by atoms with Crippen LogP contribution < -0.4 is 5.32 Å². The Kier molecular flexibility index (Phi) is 6.98. The predicted molar refractivity (Wildman–Crippen MR) is 114 cm³/mol. The van der Waals surface area contributed by atoms with E-state index in [9.17, 15) is 24.1 Å². The number of amides is 1. The second kappa shape index (κ2) is 9.67. The molecule has 8 nitrogen and oxygen atoms in total. The molecule has 3 aromatic rings. The minimum Gasteiger partial charge on any atom is -0.449 e. The van der Waals surface area contributed by atoms with Crippen molar-refractivity contribution >= 4 is 46.3 Å². The highest BCUT2D eigenvalue weighted by Gasteiger charge is 2.23. The van der Waals surface area contributed by atoms with Crippen LogP contribution in [0.25, 0.3) is 0 Å². The highest BCUT2D eigenvalue weighted by Crippen LogP contribution is 2.36. The van der Waals surface area contributed by atoms with E-state index in [4.69, 9.17) is 4.74 Å². The third kappa shape index (κ3) is 5.86. The Morgan fingerprint density at radius 2 is 2.06 bits per heavy atom. The lowest BCUT2D eigenvalue weighted by Gasteiger charge is -2.14. The Morgan fingerprint density at radius 1 is 1.29 bits per heavy atom. The molecule has 2 aromatic carbocycles. The summed E-state index contributed by atoms with van der Waals surface area (Å²) in [5.41, 5.74) is 0.670. The van der Waals surface area contributed by atoms with Crippen LogP contribution in [0, 0.1) is 22.9 Å². The van der Waals surface area contributed by atoms with Gasteiger partial charge in [0.15, 0.2) is 10.4 Å².